The second-order valence-electron chi connectivity index (χ2n) is 4.24. The monoisotopic (exact) mass is 189 g/mol. The van der Waals surface area contributed by atoms with E-state index in [0.717, 1.165) is 13.0 Å². The topological polar surface area (TPSA) is 49.7 Å². The Bertz CT molecular complexity index is 394. The molecular formula is C11H11NO2. The van der Waals surface area contributed by atoms with Crippen LogP contribution in [0.3, 0.4) is 0 Å². The number of fused-ring (bicyclic) bond motifs is 2. The van der Waals surface area contributed by atoms with Crippen molar-refractivity contribution < 1.29 is 9.90 Å². The van der Waals surface area contributed by atoms with Gasteiger partial charge in [0.05, 0.1) is 5.92 Å². The summed E-state index contributed by atoms with van der Waals surface area (Å²) in [4.78, 5) is 15.1. The molecule has 0 amide bonds. The first kappa shape index (κ1) is 7.97. The smallest absolute Gasteiger partial charge is 0.307 e. The summed E-state index contributed by atoms with van der Waals surface area (Å²) in [5.74, 6) is -0.496. The van der Waals surface area contributed by atoms with Crippen molar-refractivity contribution in [1.29, 1.82) is 0 Å². The third kappa shape index (κ3) is 0.820. The maximum atomic E-state index is 10.9. The van der Waals surface area contributed by atoms with Crippen molar-refractivity contribution in [1.82, 2.24) is 0 Å². The molecule has 1 spiro atoms. The normalized spacial score (nSPS) is 42.4. The first-order valence-corrected chi connectivity index (χ1v) is 4.87. The minimum Gasteiger partial charge on any atom is -0.481 e. The molecule has 1 aliphatic heterocycles. The largest absolute Gasteiger partial charge is 0.481 e. The van der Waals surface area contributed by atoms with Crippen LogP contribution in [0.5, 0.6) is 0 Å². The van der Waals surface area contributed by atoms with Gasteiger partial charge in [0.2, 0.25) is 0 Å². The molecule has 3 heteroatoms. The van der Waals surface area contributed by atoms with E-state index in [2.05, 4.69) is 17.1 Å². The molecule has 72 valence electrons. The number of carboxylic acids is 1. The van der Waals surface area contributed by atoms with E-state index in [1.54, 1.807) is 6.21 Å². The molecule has 0 aromatic rings. The molecule has 1 N–H and O–H groups in total. The molecule has 0 aromatic carbocycles. The van der Waals surface area contributed by atoms with Gasteiger partial charge < -0.3 is 5.11 Å². The van der Waals surface area contributed by atoms with Crippen LogP contribution in [0.1, 0.15) is 6.42 Å². The highest BCUT2D eigenvalue weighted by molar-refractivity contribution is 5.81. The van der Waals surface area contributed by atoms with Gasteiger partial charge in [0, 0.05) is 24.1 Å². The highest BCUT2D eigenvalue weighted by atomic mass is 16.4. The van der Waals surface area contributed by atoms with Crippen molar-refractivity contribution in [3.05, 3.63) is 23.8 Å². The molecule has 1 heterocycles. The summed E-state index contributed by atoms with van der Waals surface area (Å²) in [6.07, 6.45) is 8.77. The van der Waals surface area contributed by atoms with Crippen molar-refractivity contribution >= 4 is 12.2 Å². The Morgan fingerprint density at radius 2 is 2.50 bits per heavy atom. The summed E-state index contributed by atoms with van der Waals surface area (Å²) in [7, 11) is 0. The van der Waals surface area contributed by atoms with Gasteiger partial charge in [0.1, 0.15) is 0 Å². The van der Waals surface area contributed by atoms with Gasteiger partial charge in [-0.2, -0.15) is 0 Å². The molecular weight excluding hydrogens is 178 g/mol. The zero-order chi connectivity index (χ0) is 9.76. The summed E-state index contributed by atoms with van der Waals surface area (Å²) >= 11 is 0. The van der Waals surface area contributed by atoms with Crippen LogP contribution in [-0.4, -0.2) is 23.8 Å². The molecule has 0 aromatic heterocycles. The lowest BCUT2D eigenvalue weighted by Crippen LogP contribution is -2.15. The maximum Gasteiger partial charge on any atom is 0.307 e. The van der Waals surface area contributed by atoms with Crippen LogP contribution in [-0.2, 0) is 4.79 Å². The predicted octanol–water partition coefficient (Wildman–Crippen LogP) is 1.27. The van der Waals surface area contributed by atoms with Crippen molar-refractivity contribution in [2.45, 2.75) is 6.42 Å². The fraction of sp³-hybridized carbons (Fsp3) is 0.455. The number of carbonyl (C=O) groups is 1. The predicted molar refractivity (Wildman–Crippen MR) is 52.2 cm³/mol. The van der Waals surface area contributed by atoms with Gasteiger partial charge in [-0.25, -0.2) is 0 Å². The number of hydrogen-bond acceptors (Lipinski definition) is 2. The van der Waals surface area contributed by atoms with Crippen LogP contribution in [0.25, 0.3) is 0 Å². The molecule has 14 heavy (non-hydrogen) atoms. The van der Waals surface area contributed by atoms with Crippen molar-refractivity contribution in [2.75, 3.05) is 6.54 Å². The van der Waals surface area contributed by atoms with Crippen LogP contribution in [0, 0.1) is 17.3 Å². The van der Waals surface area contributed by atoms with Crippen molar-refractivity contribution in [3.63, 3.8) is 0 Å². The maximum absolute atomic E-state index is 10.9. The number of nitrogens with zero attached hydrogens (tertiary/aromatic N) is 1. The van der Waals surface area contributed by atoms with Crippen molar-refractivity contribution in [2.24, 2.45) is 22.2 Å². The molecule has 2 aliphatic carbocycles. The SMILES string of the molecule is O=C(O)C1CC12C=CC1CN=CC=C12. The summed E-state index contributed by atoms with van der Waals surface area (Å²) in [5.41, 5.74) is 1.13. The van der Waals surface area contributed by atoms with Gasteiger partial charge >= 0.3 is 5.97 Å². The highest BCUT2D eigenvalue weighted by Crippen LogP contribution is 2.64. The number of dihydropyridines is 1. The van der Waals surface area contributed by atoms with E-state index < -0.39 is 5.97 Å². The van der Waals surface area contributed by atoms with Gasteiger partial charge in [0.15, 0.2) is 0 Å². The standard InChI is InChI=1S/C11H11NO2/c13-10(14)9-5-11(9)3-1-7-6-12-4-2-8(7)11/h1-4,7,9H,5-6H2,(H,13,14). The lowest BCUT2D eigenvalue weighted by molar-refractivity contribution is -0.139. The third-order valence-corrected chi connectivity index (χ3v) is 3.53. The molecule has 0 bridgehead atoms. The summed E-state index contributed by atoms with van der Waals surface area (Å²) in [6.45, 7) is 0.788. The second-order valence-corrected chi connectivity index (χ2v) is 4.24. The Morgan fingerprint density at radius 3 is 3.21 bits per heavy atom. The van der Waals surface area contributed by atoms with E-state index in [9.17, 15) is 4.79 Å². The average molecular weight is 189 g/mol. The fourth-order valence-electron chi connectivity index (χ4n) is 2.67. The number of hydrogen-bond donors (Lipinski definition) is 1. The molecule has 3 rings (SSSR count). The van der Waals surface area contributed by atoms with E-state index in [4.69, 9.17) is 5.11 Å². The fourth-order valence-corrected chi connectivity index (χ4v) is 2.67. The number of aliphatic imine (C=N–C) groups is 1. The molecule has 0 saturated heterocycles. The molecule has 3 atom stereocenters. The average Bonchev–Trinajstić information content (AvgIpc) is 2.80. The minimum atomic E-state index is -0.668. The Kier molecular flexibility index (Phi) is 1.34. The molecule has 0 radical (unpaired) electrons. The van der Waals surface area contributed by atoms with Crippen LogP contribution < -0.4 is 0 Å². The summed E-state index contributed by atoms with van der Waals surface area (Å²) in [6, 6.07) is 0. The Hall–Kier alpha value is -1.38. The van der Waals surface area contributed by atoms with E-state index in [1.165, 1.54) is 5.57 Å². The molecule has 3 aliphatic rings. The second kappa shape index (κ2) is 2.35. The van der Waals surface area contributed by atoms with Gasteiger partial charge in [-0.05, 0) is 18.1 Å². The zero-order valence-corrected chi connectivity index (χ0v) is 7.68. The number of rotatable bonds is 1. The van der Waals surface area contributed by atoms with Crippen LogP contribution in [0.2, 0.25) is 0 Å². The van der Waals surface area contributed by atoms with Crippen LogP contribution >= 0.6 is 0 Å². The Labute approximate surface area is 81.8 Å². The number of aliphatic carboxylic acids is 1. The number of carboxylic acid groups (broad SMARTS) is 1. The Morgan fingerprint density at radius 1 is 1.64 bits per heavy atom. The van der Waals surface area contributed by atoms with E-state index >= 15 is 0 Å². The quantitative estimate of drug-likeness (QED) is 0.631. The molecule has 1 fully saturated rings. The lowest BCUT2D eigenvalue weighted by Gasteiger charge is -2.17. The minimum absolute atomic E-state index is 0.136. The first-order valence-electron chi connectivity index (χ1n) is 4.87. The Balaban J connectivity index is 1.97. The van der Waals surface area contributed by atoms with Gasteiger partial charge in [-0.15, -0.1) is 0 Å². The summed E-state index contributed by atoms with van der Waals surface area (Å²) in [5, 5.41) is 8.97. The van der Waals surface area contributed by atoms with Gasteiger partial charge in [-0.3, -0.25) is 9.79 Å². The highest BCUT2D eigenvalue weighted by Gasteiger charge is 2.61. The molecule has 3 nitrogen and oxygen atoms in total. The van der Waals surface area contributed by atoms with E-state index in [0.29, 0.717) is 5.92 Å². The first-order chi connectivity index (χ1) is 6.74. The van der Waals surface area contributed by atoms with Gasteiger partial charge in [-0.1, -0.05) is 12.2 Å². The summed E-state index contributed by atoms with van der Waals surface area (Å²) < 4.78 is 0. The lowest BCUT2D eigenvalue weighted by atomic mass is 9.89. The van der Waals surface area contributed by atoms with Gasteiger partial charge in [0.25, 0.3) is 0 Å². The third-order valence-electron chi connectivity index (χ3n) is 3.53. The number of allylic oxidation sites excluding steroid dienone is 2. The van der Waals surface area contributed by atoms with Crippen LogP contribution in [0.15, 0.2) is 28.8 Å². The van der Waals surface area contributed by atoms with E-state index in [1.807, 2.05) is 6.08 Å². The zero-order valence-electron chi connectivity index (χ0n) is 7.68. The molecule has 1 saturated carbocycles. The van der Waals surface area contributed by atoms with E-state index in [-0.39, 0.29) is 11.3 Å². The van der Waals surface area contributed by atoms with Crippen LogP contribution in [0.4, 0.5) is 0 Å². The molecule has 3 unspecified atom stereocenters. The van der Waals surface area contributed by atoms with Crippen molar-refractivity contribution in [3.8, 4) is 0 Å².